The molecule has 2 amide bonds. The molecule has 4 heteroatoms. The van der Waals surface area contributed by atoms with Crippen LogP contribution in [0.4, 0.5) is 5.69 Å². The molecule has 0 atom stereocenters. The number of anilines is 1. The van der Waals surface area contributed by atoms with Crippen LogP contribution < -0.4 is 10.2 Å². The van der Waals surface area contributed by atoms with Gasteiger partial charge in [0, 0.05) is 18.7 Å². The van der Waals surface area contributed by atoms with Crippen molar-refractivity contribution in [2.45, 2.75) is 51.4 Å². The summed E-state index contributed by atoms with van der Waals surface area (Å²) in [6.07, 6.45) is 10.6. The second kappa shape index (κ2) is 6.42. The number of amides is 2. The fourth-order valence-corrected chi connectivity index (χ4v) is 4.18. The second-order valence-electron chi connectivity index (χ2n) is 7.08. The first-order valence-electron chi connectivity index (χ1n) is 9.14. The molecule has 1 aliphatic carbocycles. The number of nitrogens with zero attached hydrogens (tertiary/aromatic N) is 1. The Hall–Kier alpha value is -2.10. The molecule has 0 radical (unpaired) electrons. The van der Waals surface area contributed by atoms with Crippen LogP contribution >= 0.6 is 0 Å². The van der Waals surface area contributed by atoms with E-state index in [-0.39, 0.29) is 11.8 Å². The molecule has 0 saturated heterocycles. The van der Waals surface area contributed by atoms with E-state index >= 15 is 0 Å². The van der Waals surface area contributed by atoms with Gasteiger partial charge in [0.15, 0.2) is 0 Å². The van der Waals surface area contributed by atoms with Gasteiger partial charge in [-0.1, -0.05) is 11.6 Å². The average molecular weight is 324 g/mol. The number of hydrogen-bond donors (Lipinski definition) is 1. The Morgan fingerprint density at radius 2 is 2.00 bits per heavy atom. The third-order valence-corrected chi connectivity index (χ3v) is 5.39. The smallest absolute Gasteiger partial charge is 0.251 e. The summed E-state index contributed by atoms with van der Waals surface area (Å²) >= 11 is 0. The summed E-state index contributed by atoms with van der Waals surface area (Å²) in [5.41, 5.74) is 5.45. The highest BCUT2D eigenvalue weighted by molar-refractivity contribution is 6.04. The van der Waals surface area contributed by atoms with Crippen LogP contribution in [0.15, 0.2) is 23.8 Å². The van der Waals surface area contributed by atoms with Crippen molar-refractivity contribution in [2.24, 2.45) is 0 Å². The standard InChI is InChI=1S/C20H24N2O2/c23-18-13-16-12-17(11-15-7-4-10-22(18)19(15)16)20(24)21-9-8-14-5-2-1-3-6-14/h5,11-12H,1-4,6-10,13H2,(H,21,24). The van der Waals surface area contributed by atoms with Gasteiger partial charge >= 0.3 is 0 Å². The van der Waals surface area contributed by atoms with Gasteiger partial charge in [-0.05, 0) is 68.2 Å². The van der Waals surface area contributed by atoms with Gasteiger partial charge in [0.2, 0.25) is 5.91 Å². The number of nitrogens with one attached hydrogen (secondary N) is 1. The molecule has 126 valence electrons. The SMILES string of the molecule is O=C(NCCC1=CCCCC1)c1cc2c3c(c1)CC(=O)N3CCC2. The number of allylic oxidation sites excluding steroid dienone is 1. The molecule has 3 aliphatic rings. The minimum Gasteiger partial charge on any atom is -0.352 e. The summed E-state index contributed by atoms with van der Waals surface area (Å²) in [5, 5.41) is 3.05. The molecule has 0 unspecified atom stereocenters. The number of benzene rings is 1. The molecule has 24 heavy (non-hydrogen) atoms. The van der Waals surface area contributed by atoms with Crippen LogP contribution in [0, 0.1) is 0 Å². The number of aryl methyl sites for hydroxylation is 1. The highest BCUT2D eigenvalue weighted by Gasteiger charge is 2.32. The van der Waals surface area contributed by atoms with Gasteiger partial charge in [-0.2, -0.15) is 0 Å². The lowest BCUT2D eigenvalue weighted by molar-refractivity contribution is -0.117. The van der Waals surface area contributed by atoms with Crippen LogP contribution in [0.5, 0.6) is 0 Å². The first-order chi connectivity index (χ1) is 11.7. The van der Waals surface area contributed by atoms with Gasteiger partial charge in [-0.25, -0.2) is 0 Å². The van der Waals surface area contributed by atoms with Gasteiger partial charge in [0.05, 0.1) is 12.1 Å². The van der Waals surface area contributed by atoms with Crippen LogP contribution in [-0.4, -0.2) is 24.9 Å². The third-order valence-electron chi connectivity index (χ3n) is 5.39. The highest BCUT2D eigenvalue weighted by atomic mass is 16.2. The van der Waals surface area contributed by atoms with E-state index in [2.05, 4.69) is 11.4 Å². The zero-order chi connectivity index (χ0) is 16.5. The number of carbonyl (C=O) groups excluding carboxylic acids is 2. The Labute approximate surface area is 142 Å². The highest BCUT2D eigenvalue weighted by Crippen LogP contribution is 2.37. The zero-order valence-electron chi connectivity index (χ0n) is 14.1. The fraction of sp³-hybridized carbons (Fsp3) is 0.500. The molecular formula is C20H24N2O2. The summed E-state index contributed by atoms with van der Waals surface area (Å²) in [6, 6.07) is 3.90. The van der Waals surface area contributed by atoms with Crippen LogP contribution in [0.1, 0.15) is 60.0 Å². The van der Waals surface area contributed by atoms with Crippen molar-refractivity contribution in [3.8, 4) is 0 Å². The molecule has 0 saturated carbocycles. The van der Waals surface area contributed by atoms with Crippen molar-refractivity contribution in [1.29, 1.82) is 0 Å². The van der Waals surface area contributed by atoms with Crippen molar-refractivity contribution in [3.63, 3.8) is 0 Å². The molecule has 4 nitrogen and oxygen atoms in total. The largest absolute Gasteiger partial charge is 0.352 e. The van der Waals surface area contributed by atoms with Crippen molar-refractivity contribution in [3.05, 3.63) is 40.5 Å². The van der Waals surface area contributed by atoms with Crippen LogP contribution in [0.2, 0.25) is 0 Å². The zero-order valence-corrected chi connectivity index (χ0v) is 14.1. The van der Waals surface area contributed by atoms with Crippen LogP contribution in [0.25, 0.3) is 0 Å². The van der Waals surface area contributed by atoms with Crippen molar-refractivity contribution >= 4 is 17.5 Å². The maximum absolute atomic E-state index is 12.5. The molecule has 1 N–H and O–H groups in total. The van der Waals surface area contributed by atoms with E-state index < -0.39 is 0 Å². The van der Waals surface area contributed by atoms with E-state index in [9.17, 15) is 9.59 Å². The van der Waals surface area contributed by atoms with Crippen LogP contribution in [0.3, 0.4) is 0 Å². The summed E-state index contributed by atoms with van der Waals surface area (Å²) < 4.78 is 0. The topological polar surface area (TPSA) is 49.4 Å². The Morgan fingerprint density at radius 3 is 2.83 bits per heavy atom. The predicted octanol–water partition coefficient (Wildman–Crippen LogP) is 3.14. The van der Waals surface area contributed by atoms with E-state index in [1.807, 2.05) is 17.0 Å². The van der Waals surface area contributed by atoms with Gasteiger partial charge < -0.3 is 10.2 Å². The first-order valence-corrected chi connectivity index (χ1v) is 9.14. The lowest BCUT2D eigenvalue weighted by Gasteiger charge is -2.25. The maximum atomic E-state index is 12.5. The van der Waals surface area contributed by atoms with E-state index in [0.717, 1.165) is 42.6 Å². The molecule has 1 aromatic carbocycles. The summed E-state index contributed by atoms with van der Waals surface area (Å²) in [6.45, 7) is 1.52. The number of rotatable bonds is 4. The van der Waals surface area contributed by atoms with Gasteiger partial charge in [-0.15, -0.1) is 0 Å². The van der Waals surface area contributed by atoms with Crippen molar-refractivity contribution < 1.29 is 9.59 Å². The number of carbonyl (C=O) groups is 2. The maximum Gasteiger partial charge on any atom is 0.251 e. The Morgan fingerprint density at radius 1 is 1.12 bits per heavy atom. The minimum atomic E-state index is -0.0121. The van der Waals surface area contributed by atoms with E-state index in [1.54, 1.807) is 0 Å². The van der Waals surface area contributed by atoms with Gasteiger partial charge in [0.1, 0.15) is 0 Å². The Bertz CT molecular complexity index is 721. The molecular weight excluding hydrogens is 300 g/mol. The molecule has 0 bridgehead atoms. The van der Waals surface area contributed by atoms with Crippen LogP contribution in [-0.2, 0) is 17.6 Å². The molecule has 0 aromatic heterocycles. The molecule has 1 aromatic rings. The lowest BCUT2D eigenvalue weighted by atomic mass is 9.96. The lowest BCUT2D eigenvalue weighted by Crippen LogP contribution is -2.31. The van der Waals surface area contributed by atoms with Gasteiger partial charge in [0.25, 0.3) is 5.91 Å². The molecule has 4 rings (SSSR count). The molecule has 0 spiro atoms. The van der Waals surface area contributed by atoms with E-state index in [1.165, 1.54) is 31.3 Å². The quantitative estimate of drug-likeness (QED) is 0.865. The fourth-order valence-electron chi connectivity index (χ4n) is 4.18. The van der Waals surface area contributed by atoms with Gasteiger partial charge in [-0.3, -0.25) is 9.59 Å². The van der Waals surface area contributed by atoms with E-state index in [0.29, 0.717) is 18.5 Å². The normalized spacial score (nSPS) is 19.1. The van der Waals surface area contributed by atoms with E-state index in [4.69, 9.17) is 0 Å². The summed E-state index contributed by atoms with van der Waals surface area (Å²) in [7, 11) is 0. The predicted molar refractivity (Wildman–Crippen MR) is 94.3 cm³/mol. The molecule has 2 aliphatic heterocycles. The third kappa shape index (κ3) is 2.85. The summed E-state index contributed by atoms with van der Waals surface area (Å²) in [5.74, 6) is 0.162. The molecule has 2 heterocycles. The summed E-state index contributed by atoms with van der Waals surface area (Å²) in [4.78, 5) is 26.5. The second-order valence-corrected chi connectivity index (χ2v) is 7.08. The van der Waals surface area contributed by atoms with Crippen molar-refractivity contribution in [2.75, 3.05) is 18.0 Å². The first kappa shape index (κ1) is 15.4. The average Bonchev–Trinajstić information content (AvgIpc) is 2.93. The monoisotopic (exact) mass is 324 g/mol. The minimum absolute atomic E-state index is 0.0121. The van der Waals surface area contributed by atoms with Crippen molar-refractivity contribution in [1.82, 2.24) is 5.32 Å². The molecule has 0 fully saturated rings. The Balaban J connectivity index is 1.45. The Kier molecular flexibility index (Phi) is 4.13. The number of hydrogen-bond acceptors (Lipinski definition) is 2.